The second-order valence-corrected chi connectivity index (χ2v) is 11.7. The van der Waals surface area contributed by atoms with Crippen LogP contribution in [0.1, 0.15) is 53.3 Å². The molecule has 2 N–H and O–H groups in total. The van der Waals surface area contributed by atoms with Gasteiger partial charge in [-0.05, 0) is 68.7 Å². The minimum atomic E-state index is -0.414. The van der Waals surface area contributed by atoms with Crippen LogP contribution < -0.4 is 10.6 Å². The van der Waals surface area contributed by atoms with Crippen LogP contribution in [0.25, 0.3) is 0 Å². The number of carbonyl (C=O) groups excluding carboxylic acids is 2. The van der Waals surface area contributed by atoms with Gasteiger partial charge in [-0.1, -0.05) is 36.4 Å². The molecule has 1 aliphatic heterocycles. The second kappa shape index (κ2) is 10.1. The van der Waals surface area contributed by atoms with Crippen LogP contribution in [0.3, 0.4) is 0 Å². The van der Waals surface area contributed by atoms with E-state index in [1.54, 1.807) is 29.2 Å². The van der Waals surface area contributed by atoms with Gasteiger partial charge in [-0.2, -0.15) is 0 Å². The Kier molecular flexibility index (Phi) is 6.86. The number of aryl methyl sites for hydroxylation is 2. The van der Waals surface area contributed by atoms with Crippen LogP contribution in [-0.4, -0.2) is 22.9 Å². The number of ketones is 1. The van der Waals surface area contributed by atoms with Crippen LogP contribution >= 0.6 is 23.1 Å². The number of pyridine rings is 1. The Morgan fingerprint density at radius 1 is 1.08 bits per heavy atom. The highest BCUT2D eigenvalue weighted by molar-refractivity contribution is 8.00. The number of rotatable bonds is 5. The van der Waals surface area contributed by atoms with Gasteiger partial charge in [0, 0.05) is 45.5 Å². The van der Waals surface area contributed by atoms with E-state index >= 15 is 0 Å². The summed E-state index contributed by atoms with van der Waals surface area (Å²) in [7, 11) is 0. The van der Waals surface area contributed by atoms with E-state index in [4.69, 9.17) is 0 Å². The number of amides is 1. The normalized spacial score (nSPS) is 19.7. The van der Waals surface area contributed by atoms with E-state index < -0.39 is 5.92 Å². The minimum Gasteiger partial charge on any atom is -0.362 e. The molecule has 0 saturated carbocycles. The molecule has 1 aliphatic carbocycles. The van der Waals surface area contributed by atoms with Crippen LogP contribution in [0.4, 0.5) is 5.82 Å². The van der Waals surface area contributed by atoms with Crippen LogP contribution in [0, 0.1) is 13.8 Å². The zero-order valence-electron chi connectivity index (χ0n) is 20.8. The summed E-state index contributed by atoms with van der Waals surface area (Å²) in [6.45, 7) is 5.90. The Morgan fingerprint density at radius 3 is 2.58 bits per heavy atom. The average molecular weight is 516 g/mol. The Bertz CT molecular complexity index is 1400. The SMILES string of the molecule is CSc1sc(C)cc1[C@@H]1C(C(=O)Nc2cccc(C)n2)=C(C)NC2=C1C(=O)C[C@@H](c1ccccc1)C2. The molecule has 0 fully saturated rings. The van der Waals surface area contributed by atoms with E-state index in [0.717, 1.165) is 38.9 Å². The van der Waals surface area contributed by atoms with Crippen molar-refractivity contribution >= 4 is 40.6 Å². The summed E-state index contributed by atoms with van der Waals surface area (Å²) in [6, 6.07) is 17.9. The smallest absolute Gasteiger partial charge is 0.255 e. The number of hydrogen-bond donors (Lipinski definition) is 2. The maximum Gasteiger partial charge on any atom is 0.255 e. The van der Waals surface area contributed by atoms with Crippen molar-refractivity contribution in [3.8, 4) is 0 Å². The van der Waals surface area contributed by atoms with Crippen molar-refractivity contribution in [2.75, 3.05) is 11.6 Å². The number of hydrogen-bond acceptors (Lipinski definition) is 6. The Hall–Kier alpha value is -3.16. The van der Waals surface area contributed by atoms with Crippen molar-refractivity contribution in [3.63, 3.8) is 0 Å². The highest BCUT2D eigenvalue weighted by Gasteiger charge is 2.42. The molecule has 3 aromatic rings. The largest absolute Gasteiger partial charge is 0.362 e. The number of aromatic nitrogens is 1. The fraction of sp³-hybridized carbons (Fsp3) is 0.276. The monoisotopic (exact) mass is 515 g/mol. The van der Waals surface area contributed by atoms with Crippen molar-refractivity contribution < 1.29 is 9.59 Å². The number of dihydropyridines is 1. The maximum atomic E-state index is 13.8. The first-order valence-corrected chi connectivity index (χ1v) is 14.1. The summed E-state index contributed by atoms with van der Waals surface area (Å²) in [5.41, 5.74) is 6.05. The summed E-state index contributed by atoms with van der Waals surface area (Å²) < 4.78 is 1.14. The van der Waals surface area contributed by atoms with E-state index in [0.29, 0.717) is 17.8 Å². The van der Waals surface area contributed by atoms with Gasteiger partial charge in [0.1, 0.15) is 5.82 Å². The topological polar surface area (TPSA) is 71.1 Å². The summed E-state index contributed by atoms with van der Waals surface area (Å²) in [5, 5.41) is 6.46. The lowest BCUT2D eigenvalue weighted by atomic mass is 9.72. The van der Waals surface area contributed by atoms with Gasteiger partial charge in [0.15, 0.2) is 5.78 Å². The lowest BCUT2D eigenvalue weighted by Crippen LogP contribution is -2.37. The lowest BCUT2D eigenvalue weighted by molar-refractivity contribution is -0.116. The number of Topliss-reactive ketones (excluding diaryl/α,β-unsaturated/α-hetero) is 1. The molecule has 3 heterocycles. The third-order valence-electron chi connectivity index (χ3n) is 6.82. The molecule has 5 rings (SSSR count). The van der Waals surface area contributed by atoms with Gasteiger partial charge >= 0.3 is 0 Å². The average Bonchev–Trinajstić information content (AvgIpc) is 3.23. The van der Waals surface area contributed by atoms with E-state index in [-0.39, 0.29) is 17.6 Å². The van der Waals surface area contributed by atoms with Gasteiger partial charge in [-0.3, -0.25) is 9.59 Å². The number of thiophene rings is 1. The van der Waals surface area contributed by atoms with Crippen molar-refractivity contribution in [1.82, 2.24) is 10.3 Å². The standard InChI is InChI=1S/C29H29N3O2S2/c1-16-9-8-12-24(30-16)32-28(34)25-18(3)31-22-14-20(19-10-6-5-7-11-19)15-23(33)27(22)26(25)21-13-17(2)36-29(21)35-4/h5-13,20,26,31H,14-15H2,1-4H3,(H,30,32,34)/t20-,26+/m0/s1. The highest BCUT2D eigenvalue weighted by Crippen LogP contribution is 2.49. The zero-order valence-corrected chi connectivity index (χ0v) is 22.5. The van der Waals surface area contributed by atoms with Crippen molar-refractivity contribution in [2.24, 2.45) is 0 Å². The molecule has 0 bridgehead atoms. The van der Waals surface area contributed by atoms with Gasteiger partial charge in [-0.25, -0.2) is 4.98 Å². The molecule has 2 atom stereocenters. The fourth-order valence-electron chi connectivity index (χ4n) is 5.28. The zero-order chi connectivity index (χ0) is 25.4. The van der Waals surface area contributed by atoms with Crippen LogP contribution in [0.5, 0.6) is 0 Å². The van der Waals surface area contributed by atoms with Gasteiger partial charge in [0.05, 0.1) is 4.21 Å². The van der Waals surface area contributed by atoms with Crippen LogP contribution in [-0.2, 0) is 9.59 Å². The molecule has 0 radical (unpaired) electrons. The molecule has 184 valence electrons. The molecule has 2 aliphatic rings. The number of benzene rings is 1. The van der Waals surface area contributed by atoms with E-state index in [2.05, 4.69) is 40.7 Å². The number of anilines is 1. The number of nitrogens with zero attached hydrogens (tertiary/aromatic N) is 1. The third-order valence-corrected chi connectivity index (χ3v) is 9.04. The van der Waals surface area contributed by atoms with E-state index in [9.17, 15) is 9.59 Å². The van der Waals surface area contributed by atoms with Crippen LogP contribution in [0.15, 0.2) is 81.3 Å². The molecule has 1 aromatic carbocycles. The molecule has 7 heteroatoms. The van der Waals surface area contributed by atoms with Gasteiger partial charge < -0.3 is 10.6 Å². The van der Waals surface area contributed by atoms with Crippen molar-refractivity contribution in [3.05, 3.63) is 98.8 Å². The first-order chi connectivity index (χ1) is 17.4. The molecule has 36 heavy (non-hydrogen) atoms. The predicted octanol–water partition coefficient (Wildman–Crippen LogP) is 6.48. The molecule has 0 unspecified atom stereocenters. The molecule has 0 saturated heterocycles. The fourth-order valence-corrected chi connectivity index (χ4v) is 7.19. The molecular weight excluding hydrogens is 486 g/mol. The Labute approximate surface area is 220 Å². The minimum absolute atomic E-state index is 0.102. The number of nitrogens with one attached hydrogen (secondary N) is 2. The third kappa shape index (κ3) is 4.65. The maximum absolute atomic E-state index is 13.8. The van der Waals surface area contributed by atoms with Gasteiger partial charge in [0.2, 0.25) is 0 Å². The predicted molar refractivity (Wildman–Crippen MR) is 147 cm³/mol. The molecule has 0 spiro atoms. The number of thioether (sulfide) groups is 1. The van der Waals surface area contributed by atoms with Crippen molar-refractivity contribution in [2.45, 2.75) is 49.7 Å². The van der Waals surface area contributed by atoms with E-state index in [1.807, 2.05) is 50.4 Å². The quantitative estimate of drug-likeness (QED) is 0.381. The Morgan fingerprint density at radius 2 is 1.86 bits per heavy atom. The molecule has 5 nitrogen and oxygen atoms in total. The first kappa shape index (κ1) is 24.5. The highest BCUT2D eigenvalue weighted by atomic mass is 32.2. The van der Waals surface area contributed by atoms with Gasteiger partial charge in [0.25, 0.3) is 5.91 Å². The summed E-state index contributed by atoms with van der Waals surface area (Å²) in [6.07, 6.45) is 3.23. The van der Waals surface area contributed by atoms with Crippen LogP contribution in [0.2, 0.25) is 0 Å². The lowest BCUT2D eigenvalue weighted by Gasteiger charge is -2.37. The van der Waals surface area contributed by atoms with Crippen molar-refractivity contribution in [1.29, 1.82) is 0 Å². The molecule has 1 amide bonds. The number of allylic oxidation sites excluding steroid dienone is 3. The summed E-state index contributed by atoms with van der Waals surface area (Å²) in [5.74, 6) is 0.0789. The number of carbonyl (C=O) groups is 2. The first-order valence-electron chi connectivity index (χ1n) is 12.0. The summed E-state index contributed by atoms with van der Waals surface area (Å²) >= 11 is 3.38. The summed E-state index contributed by atoms with van der Waals surface area (Å²) in [4.78, 5) is 33.2. The Balaban J connectivity index is 1.59. The van der Waals surface area contributed by atoms with E-state index in [1.165, 1.54) is 10.4 Å². The van der Waals surface area contributed by atoms with Gasteiger partial charge in [-0.15, -0.1) is 23.1 Å². The molecular formula is C29H29N3O2S2. The second-order valence-electron chi connectivity index (χ2n) is 9.35. The molecule has 2 aromatic heterocycles.